The molecule has 0 saturated heterocycles. The first-order valence-corrected chi connectivity index (χ1v) is 6.81. The zero-order valence-corrected chi connectivity index (χ0v) is 12.7. The van der Waals surface area contributed by atoms with Gasteiger partial charge in [-0.05, 0) is 24.3 Å². The molecule has 5 nitrogen and oxygen atoms in total. The van der Waals surface area contributed by atoms with Crippen molar-refractivity contribution in [3.8, 4) is 11.5 Å². The van der Waals surface area contributed by atoms with Crippen molar-refractivity contribution in [2.45, 2.75) is 13.8 Å². The molecule has 0 amide bonds. The Hall–Kier alpha value is -2.82. The van der Waals surface area contributed by atoms with E-state index in [1.165, 1.54) is 31.4 Å². The Labute approximate surface area is 129 Å². The van der Waals surface area contributed by atoms with E-state index < -0.39 is 11.9 Å². The van der Waals surface area contributed by atoms with Gasteiger partial charge in [0.25, 0.3) is 0 Å². The molecule has 0 atom stereocenters. The molecule has 2 aromatic carbocycles. The molecule has 2 aromatic rings. The fourth-order valence-electron chi connectivity index (χ4n) is 1.64. The number of carbonyl (C=O) groups excluding carboxylic acids is 2. The molecule has 0 aromatic heterocycles. The maximum Gasteiger partial charge on any atom is 0.347 e. The molecule has 0 aliphatic rings. The maximum atomic E-state index is 12.0. The van der Waals surface area contributed by atoms with Crippen LogP contribution in [0.5, 0.6) is 11.5 Å². The van der Waals surface area contributed by atoms with Gasteiger partial charge in [-0.25, -0.2) is 9.59 Å². The van der Waals surface area contributed by atoms with Crippen LogP contribution >= 0.6 is 0 Å². The van der Waals surface area contributed by atoms with Crippen molar-refractivity contribution < 1.29 is 24.2 Å². The van der Waals surface area contributed by atoms with E-state index in [0.717, 1.165) is 0 Å². The predicted molar refractivity (Wildman–Crippen MR) is 82.2 cm³/mol. The fraction of sp³-hybridized carbons (Fsp3) is 0.176. The highest BCUT2D eigenvalue weighted by Gasteiger charge is 2.18. The van der Waals surface area contributed by atoms with Crippen LogP contribution in [-0.4, -0.2) is 24.2 Å². The van der Waals surface area contributed by atoms with E-state index in [2.05, 4.69) is 4.74 Å². The van der Waals surface area contributed by atoms with Gasteiger partial charge in [0.05, 0.1) is 7.11 Å². The Morgan fingerprint density at radius 3 is 2.00 bits per heavy atom. The molecule has 0 heterocycles. The summed E-state index contributed by atoms with van der Waals surface area (Å²) in [6.07, 6.45) is 0. The Morgan fingerprint density at radius 2 is 1.41 bits per heavy atom. The van der Waals surface area contributed by atoms with Gasteiger partial charge in [0, 0.05) is 0 Å². The summed E-state index contributed by atoms with van der Waals surface area (Å²) in [5, 5.41) is 9.59. The van der Waals surface area contributed by atoms with Crippen molar-refractivity contribution in [3.63, 3.8) is 0 Å². The Kier molecular flexibility index (Phi) is 6.63. The minimum Gasteiger partial charge on any atom is -0.507 e. The molecule has 2 rings (SSSR count). The average molecular weight is 302 g/mol. The largest absolute Gasteiger partial charge is 0.507 e. The minimum atomic E-state index is -0.751. The molecule has 0 aliphatic heterocycles. The van der Waals surface area contributed by atoms with Gasteiger partial charge in [-0.1, -0.05) is 38.1 Å². The second-order valence-electron chi connectivity index (χ2n) is 3.89. The second kappa shape index (κ2) is 8.46. The molecule has 0 radical (unpaired) electrons. The molecule has 0 aliphatic carbocycles. The van der Waals surface area contributed by atoms with Gasteiger partial charge < -0.3 is 14.6 Å². The smallest absolute Gasteiger partial charge is 0.347 e. The van der Waals surface area contributed by atoms with Gasteiger partial charge in [-0.2, -0.15) is 0 Å². The average Bonchev–Trinajstić information content (AvgIpc) is 2.57. The Morgan fingerprint density at radius 1 is 0.864 bits per heavy atom. The van der Waals surface area contributed by atoms with E-state index in [1.807, 2.05) is 13.8 Å². The molecule has 0 saturated carbocycles. The first-order valence-electron chi connectivity index (χ1n) is 6.81. The van der Waals surface area contributed by atoms with Gasteiger partial charge in [0.15, 0.2) is 0 Å². The topological polar surface area (TPSA) is 72.8 Å². The quantitative estimate of drug-likeness (QED) is 0.694. The van der Waals surface area contributed by atoms with Crippen molar-refractivity contribution in [1.29, 1.82) is 0 Å². The fourth-order valence-corrected chi connectivity index (χ4v) is 1.64. The molecule has 0 fully saturated rings. The van der Waals surface area contributed by atoms with E-state index in [0.29, 0.717) is 0 Å². The van der Waals surface area contributed by atoms with Crippen LogP contribution in [0.15, 0.2) is 48.5 Å². The third-order valence-electron chi connectivity index (χ3n) is 2.62. The number of hydrogen-bond donors (Lipinski definition) is 1. The summed E-state index contributed by atoms with van der Waals surface area (Å²) >= 11 is 0. The molecule has 5 heteroatoms. The van der Waals surface area contributed by atoms with Gasteiger partial charge >= 0.3 is 11.9 Å². The van der Waals surface area contributed by atoms with E-state index >= 15 is 0 Å². The van der Waals surface area contributed by atoms with Crippen LogP contribution in [0.3, 0.4) is 0 Å². The van der Waals surface area contributed by atoms with Gasteiger partial charge in [-0.15, -0.1) is 0 Å². The molecular formula is C17H18O5. The first kappa shape index (κ1) is 17.2. The lowest BCUT2D eigenvalue weighted by atomic mass is 10.2. The summed E-state index contributed by atoms with van der Waals surface area (Å²) in [5.41, 5.74) is 0.158. The predicted octanol–water partition coefficient (Wildman–Crippen LogP) is 3.42. The number of aromatic hydroxyl groups is 1. The monoisotopic (exact) mass is 302 g/mol. The van der Waals surface area contributed by atoms with Crippen molar-refractivity contribution in [2.24, 2.45) is 0 Å². The summed E-state index contributed by atoms with van der Waals surface area (Å²) in [4.78, 5) is 23.5. The number of methoxy groups -OCH3 is 1. The maximum absolute atomic E-state index is 12.0. The van der Waals surface area contributed by atoms with E-state index in [-0.39, 0.29) is 22.6 Å². The van der Waals surface area contributed by atoms with E-state index in [9.17, 15) is 14.7 Å². The number of phenols is 1. The molecular weight excluding hydrogens is 284 g/mol. The highest BCUT2D eigenvalue weighted by Crippen LogP contribution is 2.22. The van der Waals surface area contributed by atoms with Crippen LogP contribution < -0.4 is 4.74 Å². The van der Waals surface area contributed by atoms with Crippen molar-refractivity contribution >= 4 is 11.9 Å². The van der Waals surface area contributed by atoms with Crippen molar-refractivity contribution in [2.75, 3.05) is 7.11 Å². The molecule has 22 heavy (non-hydrogen) atoms. The van der Waals surface area contributed by atoms with Crippen molar-refractivity contribution in [1.82, 2.24) is 0 Å². The highest BCUT2D eigenvalue weighted by atomic mass is 16.5. The molecule has 0 spiro atoms. The van der Waals surface area contributed by atoms with E-state index in [1.54, 1.807) is 24.3 Å². The summed E-state index contributed by atoms with van der Waals surface area (Å²) in [6.45, 7) is 4.00. The lowest BCUT2D eigenvalue weighted by Gasteiger charge is -2.09. The van der Waals surface area contributed by atoms with Crippen LogP contribution in [-0.2, 0) is 4.74 Å². The third-order valence-corrected chi connectivity index (χ3v) is 2.62. The zero-order chi connectivity index (χ0) is 16.5. The number of ether oxygens (including phenoxy) is 2. The number of rotatable bonds is 3. The van der Waals surface area contributed by atoms with Crippen LogP contribution in [0.25, 0.3) is 0 Å². The van der Waals surface area contributed by atoms with Crippen molar-refractivity contribution in [3.05, 3.63) is 59.7 Å². The van der Waals surface area contributed by atoms with Gasteiger partial charge in [0.2, 0.25) is 0 Å². The summed E-state index contributed by atoms with van der Waals surface area (Å²) in [5.74, 6) is -1.47. The number of carbonyl (C=O) groups is 2. The lowest BCUT2D eigenvalue weighted by molar-refractivity contribution is 0.0593. The lowest BCUT2D eigenvalue weighted by Crippen LogP contribution is -2.12. The first-order chi connectivity index (χ1) is 10.6. The van der Waals surface area contributed by atoms with E-state index in [4.69, 9.17) is 4.74 Å². The Bertz CT molecular complexity index is 649. The number of para-hydroxylation sites is 2. The summed E-state index contributed by atoms with van der Waals surface area (Å²) < 4.78 is 9.74. The van der Waals surface area contributed by atoms with Crippen LogP contribution in [0.2, 0.25) is 0 Å². The third kappa shape index (κ3) is 4.09. The van der Waals surface area contributed by atoms with Crippen LogP contribution in [0.4, 0.5) is 0 Å². The number of benzene rings is 2. The molecule has 1 N–H and O–H groups in total. The number of phenolic OH excluding ortho intramolecular Hbond substituents is 1. The summed E-state index contributed by atoms with van der Waals surface area (Å²) in [7, 11) is 1.24. The van der Waals surface area contributed by atoms with Crippen LogP contribution in [0, 0.1) is 0 Å². The molecule has 116 valence electrons. The number of hydrogen-bond acceptors (Lipinski definition) is 5. The zero-order valence-electron chi connectivity index (χ0n) is 12.7. The minimum absolute atomic E-state index is 0.0205. The van der Waals surface area contributed by atoms with Gasteiger partial charge in [0.1, 0.15) is 22.6 Å². The summed E-state index contributed by atoms with van der Waals surface area (Å²) in [6, 6.07) is 12.2. The van der Waals surface area contributed by atoms with Gasteiger partial charge in [-0.3, -0.25) is 0 Å². The van der Waals surface area contributed by atoms with Crippen LogP contribution in [0.1, 0.15) is 34.6 Å². The normalized spacial score (nSPS) is 9.23. The number of esters is 2. The Balaban J connectivity index is 0.00000116. The second-order valence-corrected chi connectivity index (χ2v) is 3.89. The highest BCUT2D eigenvalue weighted by molar-refractivity contribution is 5.97. The SMILES string of the molecule is CC.COC(=O)c1ccccc1OC(=O)c1ccccc1O. The molecule has 0 unspecified atom stereocenters. The standard InChI is InChI=1S/C15H12O5.C2H6/c1-19-14(17)11-7-3-5-9-13(11)20-15(18)10-6-2-4-8-12(10)16;1-2/h2-9,16H,1H3;1-2H3. The molecule has 0 bridgehead atoms.